The smallest absolute Gasteiger partial charge is 0.162 e. The van der Waals surface area contributed by atoms with Gasteiger partial charge < -0.3 is 15.2 Å². The summed E-state index contributed by atoms with van der Waals surface area (Å²) in [5.74, 6) is 1.58. The molecule has 0 aromatic heterocycles. The molecule has 0 unspecified atom stereocenters. The van der Waals surface area contributed by atoms with Crippen molar-refractivity contribution in [1.82, 2.24) is 0 Å². The van der Waals surface area contributed by atoms with Crippen LogP contribution in [0.15, 0.2) is 50.7 Å². The summed E-state index contributed by atoms with van der Waals surface area (Å²) in [6, 6.07) is 11.6. The Bertz CT molecular complexity index is 706. The zero-order valence-corrected chi connectivity index (χ0v) is 13.5. The van der Waals surface area contributed by atoms with Gasteiger partial charge in [-0.05, 0) is 36.4 Å². The number of ether oxygens (including phenoxy) is 2. The molecule has 0 saturated carbocycles. The SMILES string of the molecule is N=C(N)c1cc(Br)ccc1Sc1ccc2c(c1)OCCO2. The van der Waals surface area contributed by atoms with E-state index in [4.69, 9.17) is 20.6 Å². The van der Waals surface area contributed by atoms with Crippen molar-refractivity contribution in [3.05, 3.63) is 46.4 Å². The fourth-order valence-corrected chi connectivity index (χ4v) is 3.35. The monoisotopic (exact) mass is 364 g/mol. The van der Waals surface area contributed by atoms with E-state index in [1.54, 1.807) is 11.8 Å². The predicted molar refractivity (Wildman–Crippen MR) is 86.7 cm³/mol. The highest BCUT2D eigenvalue weighted by atomic mass is 79.9. The summed E-state index contributed by atoms with van der Waals surface area (Å²) < 4.78 is 12.0. The first-order chi connectivity index (χ1) is 10.1. The first-order valence-corrected chi connectivity index (χ1v) is 7.96. The van der Waals surface area contributed by atoms with E-state index in [1.165, 1.54) is 0 Å². The molecule has 3 N–H and O–H groups in total. The highest BCUT2D eigenvalue weighted by molar-refractivity contribution is 9.10. The van der Waals surface area contributed by atoms with Gasteiger partial charge in [-0.15, -0.1) is 0 Å². The van der Waals surface area contributed by atoms with Gasteiger partial charge in [0.1, 0.15) is 19.0 Å². The van der Waals surface area contributed by atoms with Gasteiger partial charge in [-0.25, -0.2) is 0 Å². The molecule has 21 heavy (non-hydrogen) atoms. The summed E-state index contributed by atoms with van der Waals surface area (Å²) in [4.78, 5) is 1.95. The third kappa shape index (κ3) is 3.16. The highest BCUT2D eigenvalue weighted by Crippen LogP contribution is 2.38. The van der Waals surface area contributed by atoms with Crippen LogP contribution in [0.2, 0.25) is 0 Å². The summed E-state index contributed by atoms with van der Waals surface area (Å²) in [5, 5.41) is 7.69. The van der Waals surface area contributed by atoms with E-state index < -0.39 is 0 Å². The molecule has 6 heteroatoms. The zero-order chi connectivity index (χ0) is 14.8. The molecule has 2 aromatic carbocycles. The van der Waals surface area contributed by atoms with Crippen LogP contribution >= 0.6 is 27.7 Å². The maximum Gasteiger partial charge on any atom is 0.162 e. The predicted octanol–water partition coefficient (Wildman–Crippen LogP) is 3.66. The van der Waals surface area contributed by atoms with E-state index in [0.29, 0.717) is 18.8 Å². The minimum atomic E-state index is 0.0522. The largest absolute Gasteiger partial charge is 0.486 e. The molecule has 0 saturated heterocycles. The molecule has 108 valence electrons. The molecule has 0 bridgehead atoms. The molecule has 1 heterocycles. The summed E-state index contributed by atoms with van der Waals surface area (Å²) in [6.07, 6.45) is 0. The molecular weight excluding hydrogens is 352 g/mol. The lowest BCUT2D eigenvalue weighted by Gasteiger charge is -2.19. The van der Waals surface area contributed by atoms with Crippen molar-refractivity contribution in [2.45, 2.75) is 9.79 Å². The lowest BCUT2D eigenvalue weighted by Crippen LogP contribution is -2.15. The Kier molecular flexibility index (Phi) is 4.07. The molecule has 0 amide bonds. The number of nitrogen functional groups attached to an aromatic ring is 1. The standard InChI is InChI=1S/C15H13BrN2O2S/c16-9-1-4-14(11(7-9)15(17)18)21-10-2-3-12-13(8-10)20-6-5-19-12/h1-4,7-8H,5-6H2,(H3,17,18). The number of fused-ring (bicyclic) bond motifs is 1. The molecule has 0 aliphatic carbocycles. The lowest BCUT2D eigenvalue weighted by atomic mass is 10.2. The fourth-order valence-electron chi connectivity index (χ4n) is 2.02. The second-order valence-corrected chi connectivity index (χ2v) is 6.49. The summed E-state index contributed by atoms with van der Waals surface area (Å²) >= 11 is 4.95. The van der Waals surface area contributed by atoms with Crippen molar-refractivity contribution in [2.24, 2.45) is 5.73 Å². The van der Waals surface area contributed by atoms with Gasteiger partial charge >= 0.3 is 0 Å². The Hall–Kier alpha value is -1.66. The number of nitrogens with two attached hydrogens (primary N) is 1. The zero-order valence-electron chi connectivity index (χ0n) is 11.1. The first kappa shape index (κ1) is 14.3. The maximum absolute atomic E-state index is 7.69. The molecule has 1 aliphatic heterocycles. The van der Waals surface area contributed by atoms with Gasteiger partial charge in [-0.1, -0.05) is 27.7 Å². The number of benzene rings is 2. The van der Waals surface area contributed by atoms with Crippen molar-refractivity contribution in [2.75, 3.05) is 13.2 Å². The van der Waals surface area contributed by atoms with Crippen LogP contribution in [-0.2, 0) is 0 Å². The van der Waals surface area contributed by atoms with Crippen LogP contribution in [0.5, 0.6) is 11.5 Å². The Morgan fingerprint density at radius 3 is 2.62 bits per heavy atom. The van der Waals surface area contributed by atoms with Crippen LogP contribution in [0.3, 0.4) is 0 Å². The molecule has 0 spiro atoms. The molecule has 0 radical (unpaired) electrons. The first-order valence-electron chi connectivity index (χ1n) is 6.35. The van der Waals surface area contributed by atoms with Crippen LogP contribution in [0, 0.1) is 5.41 Å². The number of nitrogens with one attached hydrogen (secondary N) is 1. The molecule has 0 atom stereocenters. The van der Waals surface area contributed by atoms with E-state index >= 15 is 0 Å². The molecular formula is C15H13BrN2O2S. The van der Waals surface area contributed by atoms with Crippen LogP contribution in [0.4, 0.5) is 0 Å². The Morgan fingerprint density at radius 2 is 1.86 bits per heavy atom. The lowest BCUT2D eigenvalue weighted by molar-refractivity contribution is 0.171. The van der Waals surface area contributed by atoms with E-state index in [-0.39, 0.29) is 5.84 Å². The van der Waals surface area contributed by atoms with Crippen molar-refractivity contribution in [1.29, 1.82) is 5.41 Å². The van der Waals surface area contributed by atoms with Gasteiger partial charge in [0.2, 0.25) is 0 Å². The van der Waals surface area contributed by atoms with Gasteiger partial charge in [-0.3, -0.25) is 5.41 Å². The summed E-state index contributed by atoms with van der Waals surface area (Å²) in [7, 11) is 0. The van der Waals surface area contributed by atoms with Gasteiger partial charge in [0.05, 0.1) is 0 Å². The average Bonchev–Trinajstić information content (AvgIpc) is 2.49. The quantitative estimate of drug-likeness (QED) is 0.644. The Balaban J connectivity index is 1.92. The molecule has 2 aromatic rings. The van der Waals surface area contributed by atoms with Gasteiger partial charge in [-0.2, -0.15) is 0 Å². The fraction of sp³-hybridized carbons (Fsp3) is 0.133. The normalized spacial score (nSPS) is 13.0. The number of hydrogen-bond acceptors (Lipinski definition) is 4. The van der Waals surface area contributed by atoms with Gasteiger partial charge in [0, 0.05) is 19.8 Å². The van der Waals surface area contributed by atoms with Gasteiger partial charge in [0.15, 0.2) is 11.5 Å². The summed E-state index contributed by atoms with van der Waals surface area (Å²) in [6.45, 7) is 1.15. The van der Waals surface area contributed by atoms with Crippen LogP contribution in [0.1, 0.15) is 5.56 Å². The molecule has 3 rings (SSSR count). The molecule has 4 nitrogen and oxygen atoms in total. The van der Waals surface area contributed by atoms with Gasteiger partial charge in [0.25, 0.3) is 0 Å². The number of rotatable bonds is 3. The second kappa shape index (κ2) is 5.99. The topological polar surface area (TPSA) is 68.3 Å². The van der Waals surface area contributed by atoms with Crippen molar-refractivity contribution in [3.8, 4) is 11.5 Å². The number of halogens is 1. The molecule has 0 fully saturated rings. The summed E-state index contributed by atoms with van der Waals surface area (Å²) in [5.41, 5.74) is 6.36. The Morgan fingerprint density at radius 1 is 1.10 bits per heavy atom. The number of amidine groups is 1. The van der Waals surface area contributed by atoms with Crippen LogP contribution < -0.4 is 15.2 Å². The maximum atomic E-state index is 7.69. The van der Waals surface area contributed by atoms with Crippen molar-refractivity contribution in [3.63, 3.8) is 0 Å². The third-order valence-corrected chi connectivity index (χ3v) is 4.53. The number of hydrogen-bond donors (Lipinski definition) is 2. The highest BCUT2D eigenvalue weighted by Gasteiger charge is 2.13. The third-order valence-electron chi connectivity index (χ3n) is 2.97. The van der Waals surface area contributed by atoms with E-state index in [9.17, 15) is 0 Å². The van der Waals surface area contributed by atoms with E-state index in [1.807, 2.05) is 36.4 Å². The Labute approximate surface area is 135 Å². The molecule has 1 aliphatic rings. The minimum absolute atomic E-state index is 0.0522. The average molecular weight is 365 g/mol. The van der Waals surface area contributed by atoms with Crippen LogP contribution in [-0.4, -0.2) is 19.0 Å². The van der Waals surface area contributed by atoms with Crippen LogP contribution in [0.25, 0.3) is 0 Å². The van der Waals surface area contributed by atoms with E-state index in [2.05, 4.69) is 15.9 Å². The van der Waals surface area contributed by atoms with E-state index in [0.717, 1.165) is 25.8 Å². The minimum Gasteiger partial charge on any atom is -0.486 e. The van der Waals surface area contributed by atoms with Crippen molar-refractivity contribution < 1.29 is 9.47 Å². The second-order valence-electron chi connectivity index (χ2n) is 4.46. The van der Waals surface area contributed by atoms with Crippen molar-refractivity contribution >= 4 is 33.5 Å².